The molecule has 1 unspecified atom stereocenters. The Morgan fingerprint density at radius 1 is 1.31 bits per heavy atom. The van der Waals surface area contributed by atoms with E-state index in [-0.39, 0.29) is 0 Å². The summed E-state index contributed by atoms with van der Waals surface area (Å²) in [6.45, 7) is 0.696. The van der Waals surface area contributed by atoms with E-state index >= 15 is 0 Å². The Kier molecular flexibility index (Phi) is 5.57. The summed E-state index contributed by atoms with van der Waals surface area (Å²) in [6.07, 6.45) is 2.45. The number of hydrogen-bond donors (Lipinski definition) is 1. The van der Waals surface area contributed by atoms with Crippen LogP contribution in [0.25, 0.3) is 0 Å². The highest BCUT2D eigenvalue weighted by Gasteiger charge is 2.18. The Morgan fingerprint density at radius 3 is 2.56 bits per heavy atom. The molecule has 0 saturated heterocycles. The third-order valence-electron chi connectivity index (χ3n) is 2.59. The molecule has 1 N–H and O–H groups in total. The summed E-state index contributed by atoms with van der Waals surface area (Å²) in [4.78, 5) is 11.1. The van der Waals surface area contributed by atoms with Gasteiger partial charge < -0.3 is 9.84 Å². The van der Waals surface area contributed by atoms with E-state index in [1.165, 1.54) is 0 Å². The first-order valence-corrected chi connectivity index (χ1v) is 5.52. The zero-order chi connectivity index (χ0) is 11.8. The van der Waals surface area contributed by atoms with Gasteiger partial charge in [-0.15, -0.1) is 0 Å². The van der Waals surface area contributed by atoms with Gasteiger partial charge in [-0.05, 0) is 24.8 Å². The maximum atomic E-state index is 11.1. The van der Waals surface area contributed by atoms with E-state index < -0.39 is 11.9 Å². The molecule has 16 heavy (non-hydrogen) atoms. The number of ether oxygens (including phenoxy) is 1. The molecule has 0 amide bonds. The number of unbranched alkanes of at least 4 members (excludes halogenated alkanes) is 1. The van der Waals surface area contributed by atoms with E-state index in [2.05, 4.69) is 0 Å². The monoisotopic (exact) mass is 222 g/mol. The van der Waals surface area contributed by atoms with Gasteiger partial charge in [-0.1, -0.05) is 30.3 Å². The number of methoxy groups -OCH3 is 1. The smallest absolute Gasteiger partial charge is 0.310 e. The first kappa shape index (κ1) is 12.7. The molecule has 0 spiro atoms. The SMILES string of the molecule is COCCCCC(C(=O)O)c1ccccc1. The van der Waals surface area contributed by atoms with Crippen LogP contribution in [0.5, 0.6) is 0 Å². The number of rotatable bonds is 7. The minimum Gasteiger partial charge on any atom is -0.481 e. The van der Waals surface area contributed by atoms with Crippen LogP contribution in [0.3, 0.4) is 0 Å². The average Bonchev–Trinajstić information content (AvgIpc) is 2.30. The molecule has 0 heterocycles. The van der Waals surface area contributed by atoms with Crippen molar-refractivity contribution < 1.29 is 14.6 Å². The zero-order valence-corrected chi connectivity index (χ0v) is 9.56. The highest BCUT2D eigenvalue weighted by Crippen LogP contribution is 2.22. The van der Waals surface area contributed by atoms with E-state index in [1.807, 2.05) is 30.3 Å². The Labute approximate surface area is 96.1 Å². The molecule has 0 aliphatic rings. The van der Waals surface area contributed by atoms with E-state index in [9.17, 15) is 4.79 Å². The fourth-order valence-corrected chi connectivity index (χ4v) is 1.71. The van der Waals surface area contributed by atoms with Crippen molar-refractivity contribution in [3.8, 4) is 0 Å². The normalized spacial score (nSPS) is 12.3. The van der Waals surface area contributed by atoms with Gasteiger partial charge >= 0.3 is 5.97 Å². The van der Waals surface area contributed by atoms with Crippen LogP contribution in [0.1, 0.15) is 30.7 Å². The fraction of sp³-hybridized carbons (Fsp3) is 0.462. The molecule has 0 aliphatic heterocycles. The fourth-order valence-electron chi connectivity index (χ4n) is 1.71. The van der Waals surface area contributed by atoms with Crippen molar-refractivity contribution >= 4 is 5.97 Å². The van der Waals surface area contributed by atoms with Gasteiger partial charge in [0, 0.05) is 13.7 Å². The number of benzene rings is 1. The van der Waals surface area contributed by atoms with Crippen LogP contribution in [-0.4, -0.2) is 24.8 Å². The van der Waals surface area contributed by atoms with Gasteiger partial charge in [-0.3, -0.25) is 4.79 Å². The van der Waals surface area contributed by atoms with Gasteiger partial charge in [-0.25, -0.2) is 0 Å². The van der Waals surface area contributed by atoms with Crippen LogP contribution in [0.2, 0.25) is 0 Å². The Hall–Kier alpha value is -1.35. The molecule has 1 rings (SSSR count). The Bertz CT molecular complexity index is 308. The summed E-state index contributed by atoms with van der Waals surface area (Å²) in [6, 6.07) is 9.39. The lowest BCUT2D eigenvalue weighted by molar-refractivity contribution is -0.139. The number of carboxylic acid groups (broad SMARTS) is 1. The third kappa shape index (κ3) is 4.03. The maximum Gasteiger partial charge on any atom is 0.310 e. The second-order valence-corrected chi connectivity index (χ2v) is 3.79. The number of carboxylic acids is 1. The molecule has 0 radical (unpaired) electrons. The van der Waals surface area contributed by atoms with Gasteiger partial charge in [0.15, 0.2) is 0 Å². The topological polar surface area (TPSA) is 46.5 Å². The second kappa shape index (κ2) is 7.01. The second-order valence-electron chi connectivity index (χ2n) is 3.79. The summed E-state index contributed by atoms with van der Waals surface area (Å²) in [5, 5.41) is 9.15. The molecular weight excluding hydrogens is 204 g/mol. The molecule has 0 aromatic heterocycles. The van der Waals surface area contributed by atoms with Crippen molar-refractivity contribution in [1.82, 2.24) is 0 Å². The van der Waals surface area contributed by atoms with Crippen LogP contribution in [0, 0.1) is 0 Å². The summed E-state index contributed by atoms with van der Waals surface area (Å²) < 4.78 is 4.94. The average molecular weight is 222 g/mol. The molecule has 0 saturated carbocycles. The zero-order valence-electron chi connectivity index (χ0n) is 9.56. The van der Waals surface area contributed by atoms with Crippen LogP contribution in [0.4, 0.5) is 0 Å². The van der Waals surface area contributed by atoms with Crippen LogP contribution >= 0.6 is 0 Å². The standard InChI is InChI=1S/C13H18O3/c1-16-10-6-5-9-12(13(14)15)11-7-3-2-4-8-11/h2-4,7-8,12H,5-6,9-10H2,1H3,(H,14,15). The predicted octanol–water partition coefficient (Wildman–Crippen LogP) is 2.67. The Morgan fingerprint density at radius 2 is 2.00 bits per heavy atom. The van der Waals surface area contributed by atoms with Crippen molar-refractivity contribution in [2.24, 2.45) is 0 Å². The lowest BCUT2D eigenvalue weighted by Gasteiger charge is -2.12. The van der Waals surface area contributed by atoms with E-state index in [1.54, 1.807) is 7.11 Å². The first-order valence-electron chi connectivity index (χ1n) is 5.52. The van der Waals surface area contributed by atoms with Crippen molar-refractivity contribution in [1.29, 1.82) is 0 Å². The number of hydrogen-bond acceptors (Lipinski definition) is 2. The van der Waals surface area contributed by atoms with E-state index in [0.29, 0.717) is 13.0 Å². The Balaban J connectivity index is 2.52. The quantitative estimate of drug-likeness (QED) is 0.721. The summed E-state index contributed by atoms with van der Waals surface area (Å²) in [7, 11) is 1.66. The summed E-state index contributed by atoms with van der Waals surface area (Å²) in [5.41, 5.74) is 0.882. The van der Waals surface area contributed by atoms with E-state index in [4.69, 9.17) is 9.84 Å². The van der Waals surface area contributed by atoms with Gasteiger partial charge in [0.05, 0.1) is 5.92 Å². The van der Waals surface area contributed by atoms with Crippen molar-refractivity contribution in [2.45, 2.75) is 25.2 Å². The molecule has 1 aromatic rings. The van der Waals surface area contributed by atoms with Gasteiger partial charge in [0.1, 0.15) is 0 Å². The highest BCUT2D eigenvalue weighted by atomic mass is 16.5. The van der Waals surface area contributed by atoms with Crippen molar-refractivity contribution in [2.75, 3.05) is 13.7 Å². The summed E-state index contributed by atoms with van der Waals surface area (Å²) >= 11 is 0. The van der Waals surface area contributed by atoms with Crippen LogP contribution in [-0.2, 0) is 9.53 Å². The first-order chi connectivity index (χ1) is 7.75. The van der Waals surface area contributed by atoms with Gasteiger partial charge in [0.2, 0.25) is 0 Å². The molecule has 88 valence electrons. The summed E-state index contributed by atoms with van der Waals surface area (Å²) in [5.74, 6) is -1.14. The van der Waals surface area contributed by atoms with Gasteiger partial charge in [-0.2, -0.15) is 0 Å². The minimum atomic E-state index is -0.747. The minimum absolute atomic E-state index is 0.391. The molecular formula is C13H18O3. The third-order valence-corrected chi connectivity index (χ3v) is 2.59. The molecule has 1 aromatic carbocycles. The molecule has 3 nitrogen and oxygen atoms in total. The molecule has 0 bridgehead atoms. The number of aliphatic carboxylic acids is 1. The van der Waals surface area contributed by atoms with Gasteiger partial charge in [0.25, 0.3) is 0 Å². The molecule has 0 fully saturated rings. The lowest BCUT2D eigenvalue weighted by Crippen LogP contribution is -2.11. The lowest BCUT2D eigenvalue weighted by atomic mass is 9.94. The number of carbonyl (C=O) groups is 1. The van der Waals surface area contributed by atoms with Crippen molar-refractivity contribution in [3.05, 3.63) is 35.9 Å². The maximum absolute atomic E-state index is 11.1. The van der Waals surface area contributed by atoms with Crippen LogP contribution < -0.4 is 0 Å². The van der Waals surface area contributed by atoms with Crippen molar-refractivity contribution in [3.63, 3.8) is 0 Å². The highest BCUT2D eigenvalue weighted by molar-refractivity contribution is 5.75. The predicted molar refractivity (Wildman–Crippen MR) is 62.5 cm³/mol. The van der Waals surface area contributed by atoms with Crippen LogP contribution in [0.15, 0.2) is 30.3 Å². The molecule has 0 aliphatic carbocycles. The largest absolute Gasteiger partial charge is 0.481 e. The van der Waals surface area contributed by atoms with E-state index in [0.717, 1.165) is 18.4 Å². The molecule has 3 heteroatoms. The molecule has 1 atom stereocenters.